The molecular weight excluding hydrogens is 350 g/mol. The Morgan fingerprint density at radius 2 is 2.00 bits per heavy atom. The third kappa shape index (κ3) is 2.72. The van der Waals surface area contributed by atoms with Gasteiger partial charge in [-0.15, -0.1) is 0 Å². The summed E-state index contributed by atoms with van der Waals surface area (Å²) in [5, 5.41) is 0. The number of hydrogen-bond acceptors (Lipinski definition) is 4. The Bertz CT molecular complexity index is 891. The van der Waals surface area contributed by atoms with Gasteiger partial charge in [0.15, 0.2) is 0 Å². The van der Waals surface area contributed by atoms with E-state index in [9.17, 15) is 4.79 Å². The van der Waals surface area contributed by atoms with E-state index in [1.807, 2.05) is 19.1 Å². The summed E-state index contributed by atoms with van der Waals surface area (Å²) in [6.07, 6.45) is 5.88. The molecule has 1 aromatic heterocycles. The normalized spacial score (nSPS) is 30.9. The van der Waals surface area contributed by atoms with Gasteiger partial charge in [-0.05, 0) is 68.1 Å². The van der Waals surface area contributed by atoms with E-state index >= 15 is 0 Å². The topological polar surface area (TPSA) is 45.7 Å². The molecule has 4 aliphatic heterocycles. The summed E-state index contributed by atoms with van der Waals surface area (Å²) in [6, 6.07) is 11.0. The fraction of sp³-hybridized carbons (Fsp3) is 0.478. The van der Waals surface area contributed by atoms with E-state index in [1.54, 1.807) is 19.5 Å². The maximum Gasteiger partial charge on any atom is 0.256 e. The molecule has 5 nitrogen and oxygen atoms in total. The van der Waals surface area contributed by atoms with Crippen LogP contribution in [0.3, 0.4) is 0 Å². The van der Waals surface area contributed by atoms with Crippen LogP contribution in [0.1, 0.15) is 40.2 Å². The van der Waals surface area contributed by atoms with Crippen LogP contribution in [0, 0.1) is 12.8 Å². The lowest BCUT2D eigenvalue weighted by molar-refractivity contribution is -0.00345. The van der Waals surface area contributed by atoms with Crippen LogP contribution in [0.4, 0.5) is 0 Å². The number of aryl methyl sites for hydroxylation is 1. The lowest BCUT2D eigenvalue weighted by Gasteiger charge is -2.51. The number of piperidine rings is 3. The van der Waals surface area contributed by atoms with Crippen LogP contribution in [-0.2, 0) is 0 Å². The summed E-state index contributed by atoms with van der Waals surface area (Å²) in [7, 11) is 1.71. The molecule has 28 heavy (non-hydrogen) atoms. The zero-order valence-electron chi connectivity index (χ0n) is 16.5. The first-order chi connectivity index (χ1) is 13.7. The molecule has 2 bridgehead atoms. The highest BCUT2D eigenvalue weighted by Gasteiger charge is 2.54. The highest BCUT2D eigenvalue weighted by molar-refractivity contribution is 5.96. The smallest absolute Gasteiger partial charge is 0.256 e. The molecule has 2 aromatic rings. The summed E-state index contributed by atoms with van der Waals surface area (Å²) in [6.45, 7) is 5.07. The molecule has 0 aliphatic carbocycles. The van der Waals surface area contributed by atoms with Crippen LogP contribution in [0.15, 0.2) is 42.7 Å². The number of carbonyl (C=O) groups is 1. The van der Waals surface area contributed by atoms with Crippen molar-refractivity contribution in [3.8, 4) is 5.75 Å². The van der Waals surface area contributed by atoms with Gasteiger partial charge in [-0.3, -0.25) is 14.7 Å². The van der Waals surface area contributed by atoms with E-state index in [1.165, 1.54) is 18.4 Å². The van der Waals surface area contributed by atoms with E-state index in [-0.39, 0.29) is 5.91 Å². The number of pyridine rings is 1. The molecule has 4 aliphatic rings. The Morgan fingerprint density at radius 1 is 1.18 bits per heavy atom. The van der Waals surface area contributed by atoms with Crippen LogP contribution in [0.2, 0.25) is 0 Å². The minimum Gasteiger partial charge on any atom is -0.497 e. The first kappa shape index (κ1) is 17.7. The Hall–Kier alpha value is -2.40. The van der Waals surface area contributed by atoms with Crippen LogP contribution < -0.4 is 4.74 Å². The van der Waals surface area contributed by atoms with Crippen molar-refractivity contribution in [1.82, 2.24) is 14.8 Å². The lowest BCUT2D eigenvalue weighted by Crippen LogP contribution is -2.60. The molecule has 0 spiro atoms. The summed E-state index contributed by atoms with van der Waals surface area (Å²) in [5.74, 6) is 1.95. The monoisotopic (exact) mass is 377 g/mol. The van der Waals surface area contributed by atoms with Gasteiger partial charge in [0.1, 0.15) is 5.75 Å². The van der Waals surface area contributed by atoms with Crippen molar-refractivity contribution in [3.63, 3.8) is 0 Å². The van der Waals surface area contributed by atoms with Gasteiger partial charge in [0.2, 0.25) is 0 Å². The Labute approximate surface area is 166 Å². The molecule has 5 heterocycles. The van der Waals surface area contributed by atoms with Gasteiger partial charge in [-0.1, -0.05) is 12.1 Å². The maximum absolute atomic E-state index is 13.5. The summed E-state index contributed by atoms with van der Waals surface area (Å²) < 4.78 is 5.47. The number of likely N-dealkylation sites (tertiary alicyclic amines) is 1. The number of hydrogen-bond donors (Lipinski definition) is 0. The van der Waals surface area contributed by atoms with Gasteiger partial charge in [-0.25, -0.2) is 0 Å². The van der Waals surface area contributed by atoms with E-state index in [0.29, 0.717) is 23.9 Å². The predicted molar refractivity (Wildman–Crippen MR) is 108 cm³/mol. The van der Waals surface area contributed by atoms with Crippen LogP contribution in [0.25, 0.3) is 0 Å². The molecule has 4 fully saturated rings. The van der Waals surface area contributed by atoms with Gasteiger partial charge < -0.3 is 9.64 Å². The van der Waals surface area contributed by atoms with Crippen LogP contribution in [0.5, 0.6) is 5.75 Å². The SMILES string of the molecule is COc1cccc([C@@H]2CN(C(=O)c3cnccc3C)[C@@H]3C4CCN(CC4)[C@@H]32)c1. The standard InChI is InChI=1S/C23H27N3O2/c1-15-6-9-24-13-19(15)23(27)26-14-20(17-4-3-5-18(12-17)28-2)22-21(26)16-7-10-25(22)11-8-16/h3-6,9,12-13,16,20-22H,7-8,10-11,14H2,1-2H3/t20-,21+,22+/m0/s1. The van der Waals surface area contributed by atoms with Crippen molar-refractivity contribution in [3.05, 3.63) is 59.4 Å². The molecule has 1 aromatic carbocycles. The molecule has 0 saturated carbocycles. The number of rotatable bonds is 3. The van der Waals surface area contributed by atoms with E-state index in [0.717, 1.165) is 36.5 Å². The molecule has 4 saturated heterocycles. The Kier molecular flexibility index (Phi) is 4.35. The van der Waals surface area contributed by atoms with Crippen molar-refractivity contribution >= 4 is 5.91 Å². The van der Waals surface area contributed by atoms with Crippen molar-refractivity contribution < 1.29 is 9.53 Å². The van der Waals surface area contributed by atoms with Gasteiger partial charge in [0.25, 0.3) is 5.91 Å². The number of carbonyl (C=O) groups excluding carboxylic acids is 1. The van der Waals surface area contributed by atoms with E-state index in [4.69, 9.17) is 4.74 Å². The van der Waals surface area contributed by atoms with Crippen LogP contribution >= 0.6 is 0 Å². The lowest BCUT2D eigenvalue weighted by atomic mass is 9.75. The van der Waals surface area contributed by atoms with Crippen LogP contribution in [-0.4, -0.2) is 59.5 Å². The average molecular weight is 377 g/mol. The molecule has 146 valence electrons. The molecule has 0 radical (unpaired) electrons. The van der Waals surface area contributed by atoms with Gasteiger partial charge in [-0.2, -0.15) is 0 Å². The van der Waals surface area contributed by atoms with Crippen molar-refractivity contribution in [2.45, 2.75) is 37.8 Å². The van der Waals surface area contributed by atoms with Gasteiger partial charge in [0.05, 0.1) is 18.7 Å². The predicted octanol–water partition coefficient (Wildman–Crippen LogP) is 3.10. The molecular formula is C23H27N3O2. The maximum atomic E-state index is 13.5. The van der Waals surface area contributed by atoms with Crippen molar-refractivity contribution in [1.29, 1.82) is 0 Å². The van der Waals surface area contributed by atoms with Crippen molar-refractivity contribution in [2.24, 2.45) is 5.92 Å². The summed E-state index contributed by atoms with van der Waals surface area (Å²) >= 11 is 0. The average Bonchev–Trinajstić information content (AvgIpc) is 3.17. The third-order valence-corrected chi connectivity index (χ3v) is 7.05. The minimum atomic E-state index is 0.139. The quantitative estimate of drug-likeness (QED) is 0.825. The first-order valence-corrected chi connectivity index (χ1v) is 10.3. The highest BCUT2D eigenvalue weighted by atomic mass is 16.5. The van der Waals surface area contributed by atoms with E-state index < -0.39 is 0 Å². The Balaban J connectivity index is 1.54. The summed E-state index contributed by atoms with van der Waals surface area (Å²) in [4.78, 5) is 22.5. The number of methoxy groups -OCH3 is 1. The second-order valence-corrected chi connectivity index (χ2v) is 8.39. The molecule has 3 atom stereocenters. The number of aromatic nitrogens is 1. The largest absolute Gasteiger partial charge is 0.497 e. The Morgan fingerprint density at radius 3 is 2.75 bits per heavy atom. The fourth-order valence-corrected chi connectivity index (χ4v) is 5.66. The van der Waals surface area contributed by atoms with Gasteiger partial charge in [0, 0.05) is 30.9 Å². The summed E-state index contributed by atoms with van der Waals surface area (Å²) in [5.41, 5.74) is 3.02. The zero-order valence-corrected chi connectivity index (χ0v) is 16.5. The number of benzene rings is 1. The second kappa shape index (κ2) is 6.89. The molecule has 6 rings (SSSR count). The van der Waals surface area contributed by atoms with Crippen molar-refractivity contribution in [2.75, 3.05) is 26.7 Å². The second-order valence-electron chi connectivity index (χ2n) is 8.39. The number of ether oxygens (including phenoxy) is 1. The third-order valence-electron chi connectivity index (χ3n) is 7.05. The first-order valence-electron chi connectivity index (χ1n) is 10.3. The molecule has 0 N–H and O–H groups in total. The number of nitrogens with zero attached hydrogens (tertiary/aromatic N) is 3. The highest BCUT2D eigenvalue weighted by Crippen LogP contribution is 2.47. The zero-order chi connectivity index (χ0) is 19.3. The molecule has 1 amide bonds. The van der Waals surface area contributed by atoms with E-state index in [2.05, 4.69) is 33.0 Å². The fourth-order valence-electron chi connectivity index (χ4n) is 5.66. The molecule has 5 heteroatoms. The molecule has 0 unspecified atom stereocenters. The van der Waals surface area contributed by atoms with Gasteiger partial charge >= 0.3 is 0 Å². The number of fused-ring (bicyclic) bond motifs is 2. The number of amides is 1. The minimum absolute atomic E-state index is 0.139.